The van der Waals surface area contributed by atoms with Crippen molar-refractivity contribution in [2.24, 2.45) is 5.92 Å². The Morgan fingerprint density at radius 2 is 1.74 bits per heavy atom. The van der Waals surface area contributed by atoms with Gasteiger partial charge in [-0.15, -0.1) is 0 Å². The third-order valence-electron chi connectivity index (χ3n) is 4.25. The van der Waals surface area contributed by atoms with Crippen molar-refractivity contribution in [3.63, 3.8) is 0 Å². The molecule has 2 nitrogen and oxygen atoms in total. The van der Waals surface area contributed by atoms with Crippen LogP contribution in [0.3, 0.4) is 0 Å². The van der Waals surface area contributed by atoms with E-state index in [2.05, 4.69) is 50.4 Å². The molecule has 1 fully saturated rings. The molecular weight excluding hydrogens is 234 g/mol. The van der Waals surface area contributed by atoms with Crippen LogP contribution in [0.25, 0.3) is 0 Å². The van der Waals surface area contributed by atoms with Gasteiger partial charge < -0.3 is 10.1 Å². The van der Waals surface area contributed by atoms with Crippen molar-refractivity contribution in [3.05, 3.63) is 35.4 Å². The van der Waals surface area contributed by atoms with Crippen molar-refractivity contribution < 1.29 is 4.74 Å². The van der Waals surface area contributed by atoms with E-state index >= 15 is 0 Å². The Morgan fingerprint density at radius 1 is 1.11 bits per heavy atom. The molecule has 19 heavy (non-hydrogen) atoms. The predicted molar refractivity (Wildman–Crippen MR) is 80.4 cm³/mol. The van der Waals surface area contributed by atoms with Gasteiger partial charge in [0, 0.05) is 25.8 Å². The largest absolute Gasteiger partial charge is 0.381 e. The Morgan fingerprint density at radius 3 is 2.32 bits per heavy atom. The second kappa shape index (κ2) is 7.06. The Hall–Kier alpha value is -0.860. The van der Waals surface area contributed by atoms with E-state index in [1.54, 1.807) is 0 Å². The van der Waals surface area contributed by atoms with Gasteiger partial charge in [-0.1, -0.05) is 38.1 Å². The van der Waals surface area contributed by atoms with Crippen molar-refractivity contribution in [2.45, 2.75) is 52.1 Å². The van der Waals surface area contributed by atoms with Crippen LogP contribution in [0.2, 0.25) is 0 Å². The quantitative estimate of drug-likeness (QED) is 0.872. The summed E-state index contributed by atoms with van der Waals surface area (Å²) in [4.78, 5) is 0. The summed E-state index contributed by atoms with van der Waals surface area (Å²) in [6.07, 6.45) is 2.39. The second-order valence-electron chi connectivity index (χ2n) is 6.02. The minimum Gasteiger partial charge on any atom is -0.381 e. The number of rotatable bonds is 5. The molecule has 1 aromatic carbocycles. The normalized spacial score (nSPS) is 18.7. The van der Waals surface area contributed by atoms with E-state index < -0.39 is 0 Å². The lowest BCUT2D eigenvalue weighted by atomic mass is 9.93. The molecule has 1 aliphatic heterocycles. The zero-order chi connectivity index (χ0) is 13.7. The molecule has 0 aliphatic carbocycles. The summed E-state index contributed by atoms with van der Waals surface area (Å²) in [5, 5.41) is 3.66. The van der Waals surface area contributed by atoms with Crippen LogP contribution in [0.4, 0.5) is 0 Å². The van der Waals surface area contributed by atoms with Crippen molar-refractivity contribution >= 4 is 0 Å². The van der Waals surface area contributed by atoms with Gasteiger partial charge in [0.2, 0.25) is 0 Å². The van der Waals surface area contributed by atoms with Crippen LogP contribution in [0.1, 0.15) is 50.7 Å². The van der Waals surface area contributed by atoms with Crippen molar-refractivity contribution in [2.75, 3.05) is 13.2 Å². The molecule has 106 valence electrons. The monoisotopic (exact) mass is 261 g/mol. The molecule has 1 heterocycles. The number of benzene rings is 1. The lowest BCUT2D eigenvalue weighted by Gasteiger charge is -2.28. The first kappa shape index (κ1) is 14.5. The highest BCUT2D eigenvalue weighted by Crippen LogP contribution is 2.19. The summed E-state index contributed by atoms with van der Waals surface area (Å²) in [5.74, 6) is 1.38. The molecule has 1 saturated heterocycles. The maximum Gasteiger partial charge on any atom is 0.0469 e. The van der Waals surface area contributed by atoms with Gasteiger partial charge in [-0.2, -0.15) is 0 Å². The minimum absolute atomic E-state index is 0.577. The van der Waals surface area contributed by atoms with Crippen LogP contribution in [-0.2, 0) is 11.3 Å². The third-order valence-corrected chi connectivity index (χ3v) is 4.25. The zero-order valence-electron chi connectivity index (χ0n) is 12.5. The van der Waals surface area contributed by atoms with Gasteiger partial charge in [0.15, 0.2) is 0 Å². The van der Waals surface area contributed by atoms with Gasteiger partial charge in [-0.3, -0.25) is 0 Å². The smallest absolute Gasteiger partial charge is 0.0469 e. The SMILES string of the molecule is CC(C)c1ccc(CNC(C)C2CCOCC2)cc1. The second-order valence-corrected chi connectivity index (χ2v) is 6.02. The molecule has 0 aromatic heterocycles. The summed E-state index contributed by atoms with van der Waals surface area (Å²) in [6, 6.07) is 9.58. The van der Waals surface area contributed by atoms with Gasteiger partial charge in [0.05, 0.1) is 0 Å². The summed E-state index contributed by atoms with van der Waals surface area (Å²) >= 11 is 0. The number of hydrogen-bond donors (Lipinski definition) is 1. The molecule has 1 N–H and O–H groups in total. The van der Waals surface area contributed by atoms with Gasteiger partial charge in [0.1, 0.15) is 0 Å². The number of ether oxygens (including phenoxy) is 1. The highest BCUT2D eigenvalue weighted by Gasteiger charge is 2.19. The third kappa shape index (κ3) is 4.32. The molecule has 1 atom stereocenters. The van der Waals surface area contributed by atoms with Gasteiger partial charge in [-0.25, -0.2) is 0 Å². The Bertz CT molecular complexity index is 365. The average molecular weight is 261 g/mol. The molecule has 1 unspecified atom stereocenters. The summed E-state index contributed by atoms with van der Waals surface area (Å²) in [7, 11) is 0. The lowest BCUT2D eigenvalue weighted by molar-refractivity contribution is 0.0558. The molecule has 0 saturated carbocycles. The Kier molecular flexibility index (Phi) is 5.41. The first-order valence-electron chi connectivity index (χ1n) is 7.57. The summed E-state index contributed by atoms with van der Waals surface area (Å²) in [6.45, 7) is 9.61. The fourth-order valence-corrected chi connectivity index (χ4v) is 2.68. The molecule has 0 bridgehead atoms. The molecular formula is C17H27NO. The van der Waals surface area contributed by atoms with Gasteiger partial charge >= 0.3 is 0 Å². The summed E-state index contributed by atoms with van der Waals surface area (Å²) in [5.41, 5.74) is 2.80. The van der Waals surface area contributed by atoms with E-state index in [0.29, 0.717) is 12.0 Å². The molecule has 0 amide bonds. The van der Waals surface area contributed by atoms with Gasteiger partial charge in [-0.05, 0) is 42.7 Å². The van der Waals surface area contributed by atoms with Crippen LogP contribution in [0, 0.1) is 5.92 Å². The van der Waals surface area contributed by atoms with Crippen LogP contribution >= 0.6 is 0 Å². The Labute approximate surface area is 117 Å². The van der Waals surface area contributed by atoms with E-state index in [0.717, 1.165) is 25.7 Å². The maximum atomic E-state index is 5.42. The molecule has 2 rings (SSSR count). The maximum absolute atomic E-state index is 5.42. The molecule has 2 heteroatoms. The topological polar surface area (TPSA) is 21.3 Å². The number of nitrogens with one attached hydrogen (secondary N) is 1. The molecule has 1 aliphatic rings. The molecule has 0 spiro atoms. The minimum atomic E-state index is 0.577. The van der Waals surface area contributed by atoms with E-state index in [1.807, 2.05) is 0 Å². The zero-order valence-corrected chi connectivity index (χ0v) is 12.5. The van der Waals surface area contributed by atoms with Crippen molar-refractivity contribution in [1.29, 1.82) is 0 Å². The highest BCUT2D eigenvalue weighted by molar-refractivity contribution is 5.24. The molecule has 1 aromatic rings. The van der Waals surface area contributed by atoms with E-state index in [-0.39, 0.29) is 0 Å². The van der Waals surface area contributed by atoms with E-state index in [9.17, 15) is 0 Å². The highest BCUT2D eigenvalue weighted by atomic mass is 16.5. The van der Waals surface area contributed by atoms with Gasteiger partial charge in [0.25, 0.3) is 0 Å². The Balaban J connectivity index is 1.80. The van der Waals surface area contributed by atoms with Crippen LogP contribution in [0.5, 0.6) is 0 Å². The average Bonchev–Trinajstić information content (AvgIpc) is 2.46. The van der Waals surface area contributed by atoms with Crippen LogP contribution in [0.15, 0.2) is 24.3 Å². The van der Waals surface area contributed by atoms with Crippen molar-refractivity contribution in [1.82, 2.24) is 5.32 Å². The summed E-state index contributed by atoms with van der Waals surface area (Å²) < 4.78 is 5.42. The molecule has 0 radical (unpaired) electrons. The first-order valence-corrected chi connectivity index (χ1v) is 7.57. The standard InChI is InChI=1S/C17H27NO/c1-13(2)16-6-4-15(5-7-16)12-18-14(3)17-8-10-19-11-9-17/h4-7,13-14,17-18H,8-12H2,1-3H3. The fourth-order valence-electron chi connectivity index (χ4n) is 2.68. The predicted octanol–water partition coefficient (Wildman–Crippen LogP) is 3.71. The van der Waals surface area contributed by atoms with E-state index in [4.69, 9.17) is 4.74 Å². The number of hydrogen-bond acceptors (Lipinski definition) is 2. The first-order chi connectivity index (χ1) is 9.16. The lowest BCUT2D eigenvalue weighted by Crippen LogP contribution is -2.36. The van der Waals surface area contributed by atoms with Crippen LogP contribution < -0.4 is 5.32 Å². The van der Waals surface area contributed by atoms with Crippen molar-refractivity contribution in [3.8, 4) is 0 Å². The fraction of sp³-hybridized carbons (Fsp3) is 0.647. The van der Waals surface area contributed by atoms with Crippen LogP contribution in [-0.4, -0.2) is 19.3 Å². The van der Waals surface area contributed by atoms with E-state index in [1.165, 1.54) is 24.0 Å².